The Morgan fingerprint density at radius 1 is 1.14 bits per heavy atom. The Morgan fingerprint density at radius 3 is 2.56 bits per heavy atom. The fourth-order valence-electron chi connectivity index (χ4n) is 4.71. The van der Waals surface area contributed by atoms with Crippen molar-refractivity contribution < 1.29 is 9.53 Å². The molecule has 0 aliphatic carbocycles. The number of halogens is 1. The topological polar surface area (TPSA) is 65.6 Å². The van der Waals surface area contributed by atoms with E-state index < -0.39 is 12.0 Å². The van der Waals surface area contributed by atoms with Crippen LogP contribution in [-0.2, 0) is 16.6 Å². The second-order valence-corrected chi connectivity index (χ2v) is 10.5. The highest BCUT2D eigenvalue weighted by Gasteiger charge is 2.34. The van der Waals surface area contributed by atoms with Crippen molar-refractivity contribution in [1.29, 1.82) is 0 Å². The zero-order valence-electron chi connectivity index (χ0n) is 20.7. The van der Waals surface area contributed by atoms with Crippen LogP contribution in [0.1, 0.15) is 43.6 Å². The first-order chi connectivity index (χ1) is 17.2. The number of para-hydroxylation sites is 1. The molecule has 184 valence electrons. The molecule has 3 heterocycles. The molecular formula is C28H26ClN3O3S. The molecule has 0 spiro atoms. The van der Waals surface area contributed by atoms with E-state index in [1.54, 1.807) is 31.4 Å². The predicted octanol–water partition coefficient (Wildman–Crippen LogP) is 4.64. The number of carbonyl (C=O) groups excluding carboxylic acids is 1. The quantitative estimate of drug-likeness (QED) is 0.369. The molecule has 1 unspecified atom stereocenters. The van der Waals surface area contributed by atoms with Crippen molar-refractivity contribution in [2.24, 2.45) is 12.0 Å². The van der Waals surface area contributed by atoms with E-state index in [-0.39, 0.29) is 11.7 Å². The van der Waals surface area contributed by atoms with Crippen LogP contribution in [0.25, 0.3) is 17.0 Å². The highest BCUT2D eigenvalue weighted by atomic mass is 35.5. The van der Waals surface area contributed by atoms with E-state index in [2.05, 4.69) is 21.7 Å². The zero-order chi connectivity index (χ0) is 25.7. The molecule has 4 aromatic rings. The van der Waals surface area contributed by atoms with E-state index in [0.717, 1.165) is 22.2 Å². The molecule has 8 heteroatoms. The van der Waals surface area contributed by atoms with E-state index in [9.17, 15) is 9.59 Å². The molecule has 5 rings (SSSR count). The van der Waals surface area contributed by atoms with Gasteiger partial charge in [0.2, 0.25) is 0 Å². The van der Waals surface area contributed by atoms with E-state index >= 15 is 0 Å². The number of rotatable bonds is 4. The molecule has 1 aliphatic rings. The van der Waals surface area contributed by atoms with Gasteiger partial charge in [-0.1, -0.05) is 59.3 Å². The summed E-state index contributed by atoms with van der Waals surface area (Å²) in [7, 11) is 2.02. The summed E-state index contributed by atoms with van der Waals surface area (Å²) in [5.74, 6) is -0.504. The van der Waals surface area contributed by atoms with Gasteiger partial charge < -0.3 is 9.30 Å². The minimum atomic E-state index is -0.739. The molecule has 0 amide bonds. The third kappa shape index (κ3) is 3.92. The Labute approximate surface area is 217 Å². The summed E-state index contributed by atoms with van der Waals surface area (Å²) >= 11 is 7.91. The van der Waals surface area contributed by atoms with Crippen LogP contribution in [0.15, 0.2) is 69.6 Å². The van der Waals surface area contributed by atoms with Crippen molar-refractivity contribution in [3.05, 3.63) is 101 Å². The Balaban J connectivity index is 1.78. The molecule has 0 radical (unpaired) electrons. The third-order valence-electron chi connectivity index (χ3n) is 6.51. The van der Waals surface area contributed by atoms with Crippen LogP contribution in [0.4, 0.5) is 0 Å². The van der Waals surface area contributed by atoms with E-state index in [4.69, 9.17) is 16.3 Å². The monoisotopic (exact) mass is 519 g/mol. The van der Waals surface area contributed by atoms with Gasteiger partial charge in [0.15, 0.2) is 4.80 Å². The van der Waals surface area contributed by atoms with Gasteiger partial charge in [-0.15, -0.1) is 0 Å². The number of hydrogen-bond acceptors (Lipinski definition) is 5. The number of allylic oxidation sites excluding steroid dienone is 1. The van der Waals surface area contributed by atoms with Crippen molar-refractivity contribution in [3.8, 4) is 0 Å². The van der Waals surface area contributed by atoms with Gasteiger partial charge in [0.25, 0.3) is 5.56 Å². The summed E-state index contributed by atoms with van der Waals surface area (Å²) in [6, 6.07) is 14.6. The maximum Gasteiger partial charge on any atom is 0.338 e. The molecule has 0 saturated heterocycles. The molecule has 1 atom stereocenters. The number of aromatic nitrogens is 2. The maximum atomic E-state index is 13.9. The number of thiazole rings is 1. The molecule has 2 aromatic heterocycles. The van der Waals surface area contributed by atoms with Gasteiger partial charge in [0.1, 0.15) is 6.04 Å². The van der Waals surface area contributed by atoms with Crippen LogP contribution in [0.2, 0.25) is 5.02 Å². The summed E-state index contributed by atoms with van der Waals surface area (Å²) in [6.07, 6.45) is 1.61. The average molecular weight is 520 g/mol. The SMILES string of the molecule is CC1=C(C(=O)OC(C)C)C(c2ccccc2Cl)n2c(sc(=Cc3c(C)n(C)c4ccccc34)c2=O)=N1. The van der Waals surface area contributed by atoms with Crippen molar-refractivity contribution in [3.63, 3.8) is 0 Å². The summed E-state index contributed by atoms with van der Waals surface area (Å²) in [6.45, 7) is 7.40. The number of aryl methyl sites for hydroxylation is 1. The van der Waals surface area contributed by atoms with Gasteiger partial charge >= 0.3 is 5.97 Å². The molecule has 0 N–H and O–H groups in total. The largest absolute Gasteiger partial charge is 0.459 e. The molecule has 2 aromatic carbocycles. The third-order valence-corrected chi connectivity index (χ3v) is 7.84. The van der Waals surface area contributed by atoms with Crippen LogP contribution < -0.4 is 14.9 Å². The van der Waals surface area contributed by atoms with Crippen molar-refractivity contribution in [2.45, 2.75) is 39.8 Å². The van der Waals surface area contributed by atoms with E-state index in [0.29, 0.717) is 31.2 Å². The lowest BCUT2D eigenvalue weighted by molar-refractivity contribution is -0.143. The minimum Gasteiger partial charge on any atom is -0.459 e. The van der Waals surface area contributed by atoms with Gasteiger partial charge in [0.05, 0.1) is 21.9 Å². The molecule has 0 bridgehead atoms. The first-order valence-corrected chi connectivity index (χ1v) is 12.9. The number of esters is 1. The van der Waals surface area contributed by atoms with Crippen molar-refractivity contribution >= 4 is 45.9 Å². The lowest BCUT2D eigenvalue weighted by Crippen LogP contribution is -2.40. The zero-order valence-corrected chi connectivity index (χ0v) is 22.3. The number of benzene rings is 2. The highest BCUT2D eigenvalue weighted by Crippen LogP contribution is 2.34. The normalized spacial score (nSPS) is 16.0. The summed E-state index contributed by atoms with van der Waals surface area (Å²) in [4.78, 5) is 32.3. The molecule has 6 nitrogen and oxygen atoms in total. The van der Waals surface area contributed by atoms with Crippen LogP contribution in [0, 0.1) is 6.92 Å². The van der Waals surface area contributed by atoms with Crippen LogP contribution >= 0.6 is 22.9 Å². The number of fused-ring (bicyclic) bond motifs is 2. The Kier molecular flexibility index (Phi) is 6.22. The van der Waals surface area contributed by atoms with Crippen LogP contribution in [-0.4, -0.2) is 21.2 Å². The molecule has 1 aliphatic heterocycles. The van der Waals surface area contributed by atoms with E-state index in [1.165, 1.54) is 11.3 Å². The molecule has 0 saturated carbocycles. The highest BCUT2D eigenvalue weighted by molar-refractivity contribution is 7.07. The lowest BCUT2D eigenvalue weighted by Gasteiger charge is -2.26. The number of hydrogen-bond donors (Lipinski definition) is 0. The molecular weight excluding hydrogens is 494 g/mol. The Hall–Kier alpha value is -3.42. The first-order valence-electron chi connectivity index (χ1n) is 11.7. The summed E-state index contributed by atoms with van der Waals surface area (Å²) in [5, 5.41) is 1.54. The van der Waals surface area contributed by atoms with Gasteiger partial charge in [-0.2, -0.15) is 0 Å². The molecule has 36 heavy (non-hydrogen) atoms. The number of ether oxygens (including phenoxy) is 1. The average Bonchev–Trinajstić information content (AvgIpc) is 3.27. The second kappa shape index (κ2) is 9.22. The first kappa shape index (κ1) is 24.3. The second-order valence-electron chi connectivity index (χ2n) is 9.13. The van der Waals surface area contributed by atoms with Gasteiger partial charge in [-0.25, -0.2) is 9.79 Å². The van der Waals surface area contributed by atoms with Crippen molar-refractivity contribution in [1.82, 2.24) is 9.13 Å². The van der Waals surface area contributed by atoms with Crippen LogP contribution in [0.3, 0.4) is 0 Å². The van der Waals surface area contributed by atoms with Gasteiger partial charge in [-0.05, 0) is 51.5 Å². The van der Waals surface area contributed by atoms with Gasteiger partial charge in [-0.3, -0.25) is 9.36 Å². The Bertz CT molecular complexity index is 1740. The number of carbonyl (C=O) groups is 1. The number of nitrogens with zero attached hydrogens (tertiary/aromatic N) is 3. The Morgan fingerprint density at radius 2 is 1.83 bits per heavy atom. The fourth-order valence-corrected chi connectivity index (χ4v) is 5.98. The smallest absolute Gasteiger partial charge is 0.338 e. The van der Waals surface area contributed by atoms with E-state index in [1.807, 2.05) is 50.4 Å². The fraction of sp³-hybridized carbons (Fsp3) is 0.250. The minimum absolute atomic E-state index is 0.224. The lowest BCUT2D eigenvalue weighted by atomic mass is 9.96. The molecule has 0 fully saturated rings. The maximum absolute atomic E-state index is 13.9. The predicted molar refractivity (Wildman–Crippen MR) is 144 cm³/mol. The standard InChI is InChI=1S/C28H26ClN3O3S/c1-15(2)35-27(34)24-16(3)30-28-32(25(24)19-11-6-8-12-21(19)29)26(33)23(36-28)14-20-17(4)31(5)22-13-9-7-10-18(20)22/h6-15,25H,1-5H3. The van der Waals surface area contributed by atoms with Crippen LogP contribution in [0.5, 0.6) is 0 Å². The summed E-state index contributed by atoms with van der Waals surface area (Å²) in [5.41, 5.74) is 4.40. The van der Waals surface area contributed by atoms with Gasteiger partial charge in [0, 0.05) is 34.2 Å². The summed E-state index contributed by atoms with van der Waals surface area (Å²) < 4.78 is 9.78. The van der Waals surface area contributed by atoms with Crippen molar-refractivity contribution in [2.75, 3.05) is 0 Å².